The second-order valence-electron chi connectivity index (χ2n) is 12.2. The number of halogens is 5. The Morgan fingerprint density at radius 1 is 1.04 bits per heavy atom. The Kier molecular flexibility index (Phi) is 7.39. The smallest absolute Gasteiger partial charge is 0.496 e. The van der Waals surface area contributed by atoms with Gasteiger partial charge in [0.25, 0.3) is 17.0 Å². The first-order chi connectivity index (χ1) is 22.6. The topological polar surface area (TPSA) is 155 Å². The van der Waals surface area contributed by atoms with E-state index in [1.165, 1.54) is 13.2 Å². The van der Waals surface area contributed by atoms with Crippen molar-refractivity contribution in [1.82, 2.24) is 10.3 Å². The molecule has 5 aliphatic rings. The highest BCUT2D eigenvalue weighted by Crippen LogP contribution is 2.52. The van der Waals surface area contributed by atoms with Crippen LogP contribution in [0.25, 0.3) is 10.2 Å². The Morgan fingerprint density at radius 2 is 1.73 bits per heavy atom. The zero-order valence-electron chi connectivity index (χ0n) is 24.9. The van der Waals surface area contributed by atoms with E-state index in [1.54, 1.807) is 6.07 Å². The number of carboxylic acids is 1. The van der Waals surface area contributed by atoms with Gasteiger partial charge < -0.3 is 39.4 Å². The number of nitrogens with zero attached hydrogens (tertiary/aromatic N) is 1. The summed E-state index contributed by atoms with van der Waals surface area (Å²) in [5.41, 5.74) is -3.71. The lowest BCUT2D eigenvalue weighted by Gasteiger charge is -2.53. The molecule has 0 spiro atoms. The summed E-state index contributed by atoms with van der Waals surface area (Å²) in [5.74, 6) is -4.00. The zero-order valence-corrected chi connectivity index (χ0v) is 25.7. The normalized spacial score (nSPS) is 26.9. The first kappa shape index (κ1) is 32.1. The average Bonchev–Trinajstić information content (AvgIpc) is 3.55. The quantitative estimate of drug-likeness (QED) is 0.257. The number of ether oxygens (including phenoxy) is 5. The van der Waals surface area contributed by atoms with Crippen LogP contribution in [-0.4, -0.2) is 71.3 Å². The molecule has 2 saturated heterocycles. The number of hydrogen-bond acceptors (Lipinski definition) is 10. The van der Waals surface area contributed by atoms with Gasteiger partial charge in [-0.1, -0.05) is 11.3 Å². The molecule has 3 aromatic rings. The van der Waals surface area contributed by atoms with Crippen LogP contribution >= 0.6 is 11.3 Å². The molecule has 4 heterocycles. The molecule has 256 valence electrons. The number of methoxy groups -OCH3 is 1. The largest absolute Gasteiger partial charge is 0.586 e. The van der Waals surface area contributed by atoms with Crippen LogP contribution in [0.5, 0.6) is 22.4 Å². The third kappa shape index (κ3) is 5.49. The van der Waals surface area contributed by atoms with Gasteiger partial charge in [0.05, 0.1) is 46.6 Å². The molecule has 0 radical (unpaired) electrons. The lowest BCUT2D eigenvalue weighted by atomic mass is 9.70. The Morgan fingerprint density at radius 3 is 2.33 bits per heavy atom. The fourth-order valence-electron chi connectivity index (χ4n) is 6.40. The molecule has 12 nitrogen and oxygen atoms in total. The average molecular weight is 700 g/mol. The summed E-state index contributed by atoms with van der Waals surface area (Å²) in [6, 6.07) is 4.99. The summed E-state index contributed by atoms with van der Waals surface area (Å²) < 4.78 is 94.9. The lowest BCUT2D eigenvalue weighted by Crippen LogP contribution is -2.66. The Balaban J connectivity index is 1.17. The predicted octanol–water partition coefficient (Wildman–Crippen LogP) is 5.49. The number of thiazole rings is 1. The van der Waals surface area contributed by atoms with Crippen LogP contribution in [-0.2, 0) is 9.53 Å². The van der Waals surface area contributed by atoms with Crippen LogP contribution in [0.15, 0.2) is 24.3 Å². The van der Waals surface area contributed by atoms with E-state index in [1.807, 2.05) is 0 Å². The number of benzene rings is 2. The van der Waals surface area contributed by atoms with Crippen LogP contribution < -0.4 is 29.6 Å². The van der Waals surface area contributed by atoms with Crippen molar-refractivity contribution in [3.63, 3.8) is 0 Å². The first-order valence-corrected chi connectivity index (χ1v) is 15.6. The van der Waals surface area contributed by atoms with E-state index in [0.717, 1.165) is 23.5 Å². The molecule has 3 N–H and O–H groups in total. The van der Waals surface area contributed by atoms with Gasteiger partial charge in [0.1, 0.15) is 17.4 Å². The monoisotopic (exact) mass is 699 g/mol. The molecule has 1 aromatic heterocycles. The van der Waals surface area contributed by atoms with E-state index in [4.69, 9.17) is 19.3 Å². The van der Waals surface area contributed by atoms with E-state index in [0.29, 0.717) is 23.1 Å². The van der Waals surface area contributed by atoms with Gasteiger partial charge in [-0.3, -0.25) is 14.4 Å². The highest BCUT2D eigenvalue weighted by Gasteiger charge is 2.63. The summed E-state index contributed by atoms with van der Waals surface area (Å²) in [5, 5.41) is 14.6. The van der Waals surface area contributed by atoms with Gasteiger partial charge in [0.15, 0.2) is 17.1 Å². The van der Waals surface area contributed by atoms with Crippen LogP contribution in [0, 0.1) is 5.92 Å². The Hall–Kier alpha value is -4.45. The highest BCUT2D eigenvalue weighted by atomic mass is 32.1. The lowest BCUT2D eigenvalue weighted by molar-refractivity contribution is -0.317. The number of rotatable bonds is 8. The number of nitrogens with one attached hydrogen (secondary N) is 2. The van der Waals surface area contributed by atoms with Crippen LogP contribution in [0.4, 0.5) is 27.6 Å². The first-order valence-electron chi connectivity index (χ1n) is 14.8. The van der Waals surface area contributed by atoms with Crippen molar-refractivity contribution in [2.75, 3.05) is 19.0 Å². The molecule has 48 heavy (non-hydrogen) atoms. The third-order valence-corrected chi connectivity index (χ3v) is 10.2. The van der Waals surface area contributed by atoms with Crippen molar-refractivity contribution in [2.45, 2.75) is 68.2 Å². The number of fused-ring (bicyclic) bond motifs is 5. The maximum absolute atomic E-state index is 14.0. The van der Waals surface area contributed by atoms with Gasteiger partial charge in [-0.05, 0) is 56.7 Å². The van der Waals surface area contributed by atoms with Crippen LogP contribution in [0.2, 0.25) is 0 Å². The molecule has 0 unspecified atom stereocenters. The molecule has 2 saturated carbocycles. The molecule has 4 fully saturated rings. The van der Waals surface area contributed by atoms with Crippen molar-refractivity contribution in [3.8, 4) is 22.4 Å². The summed E-state index contributed by atoms with van der Waals surface area (Å²) in [6.07, 6.45) is -9.26. The van der Waals surface area contributed by atoms with Crippen molar-refractivity contribution < 1.29 is 65.1 Å². The minimum Gasteiger partial charge on any atom is -0.496 e. The van der Waals surface area contributed by atoms with E-state index in [2.05, 4.69) is 25.1 Å². The number of carboxylic acid groups (broad SMARTS) is 1. The predicted molar refractivity (Wildman–Crippen MR) is 155 cm³/mol. The molecule has 2 aromatic carbocycles. The zero-order chi connectivity index (χ0) is 34.2. The summed E-state index contributed by atoms with van der Waals surface area (Å²) in [6.45, 7) is -0.421. The van der Waals surface area contributed by atoms with E-state index >= 15 is 0 Å². The summed E-state index contributed by atoms with van der Waals surface area (Å²) in [7, 11) is 1.32. The molecule has 2 aliphatic carbocycles. The molecule has 8 rings (SSSR count). The number of carbonyl (C=O) groups is 3. The van der Waals surface area contributed by atoms with Gasteiger partial charge in [-0.15, -0.1) is 8.78 Å². The SMILES string of the molecule is COc1ccc2nc(OC3CC(C(=O)O)C3)sc2c1C(=O)Nc1cc2c(cc1C(=O)NC13CCC(C(F)(F)F)(CC1)OC3)OC(F)(F)O2. The number of aliphatic carboxylic acids is 1. The van der Waals surface area contributed by atoms with E-state index < -0.39 is 65.4 Å². The Labute approximate surface area is 271 Å². The fourth-order valence-corrected chi connectivity index (χ4v) is 7.42. The number of carbonyl (C=O) groups excluding carboxylic acids is 2. The number of alkyl halides is 5. The molecule has 0 atom stereocenters. The second kappa shape index (κ2) is 11.0. The van der Waals surface area contributed by atoms with Gasteiger partial charge in [0, 0.05) is 6.07 Å². The van der Waals surface area contributed by atoms with Crippen LogP contribution in [0.3, 0.4) is 0 Å². The number of aromatic nitrogens is 1. The maximum Gasteiger partial charge on any atom is 0.586 e. The molecule has 2 amide bonds. The van der Waals surface area contributed by atoms with E-state index in [9.17, 15) is 36.3 Å². The standard InChI is InChI=1S/C30H26F5N3O9S/c1-43-18-3-2-16-22(48-26(37-16)45-14-8-13(9-14)25(41)42)21(18)24(40)36-17-11-20-19(46-30(34,35)47-20)10-15(17)23(39)38-27-4-6-28(7-5-27,44-12-27)29(31,32)33/h2-3,10-11,13-14H,4-9,12H2,1H3,(H,36,40)(H,38,39)(H,41,42). The Bertz CT molecular complexity index is 1820. The molecule has 3 aliphatic heterocycles. The minimum atomic E-state index is -4.58. The van der Waals surface area contributed by atoms with Crippen molar-refractivity contribution >= 4 is 45.0 Å². The molecule has 2 bridgehead atoms. The minimum absolute atomic E-state index is 0.0243. The maximum atomic E-state index is 14.0. The van der Waals surface area contributed by atoms with Crippen LogP contribution in [0.1, 0.15) is 59.2 Å². The van der Waals surface area contributed by atoms with Gasteiger partial charge in [-0.2, -0.15) is 13.2 Å². The summed E-state index contributed by atoms with van der Waals surface area (Å²) >= 11 is 1.00. The highest BCUT2D eigenvalue weighted by molar-refractivity contribution is 7.20. The number of anilines is 1. The second-order valence-corrected chi connectivity index (χ2v) is 13.2. The van der Waals surface area contributed by atoms with Crippen molar-refractivity contribution in [3.05, 3.63) is 35.4 Å². The number of hydrogen-bond donors (Lipinski definition) is 3. The molecule has 18 heteroatoms. The van der Waals surface area contributed by atoms with E-state index in [-0.39, 0.29) is 59.5 Å². The fraction of sp³-hybridized carbons (Fsp3) is 0.467. The van der Waals surface area contributed by atoms with Crippen molar-refractivity contribution in [2.24, 2.45) is 5.92 Å². The molecular formula is C30H26F5N3O9S. The third-order valence-electron chi connectivity index (χ3n) is 9.23. The molecular weight excluding hydrogens is 673 g/mol. The number of amides is 2. The van der Waals surface area contributed by atoms with Gasteiger partial charge in [-0.25, -0.2) is 4.98 Å². The van der Waals surface area contributed by atoms with Gasteiger partial charge in [0.2, 0.25) is 0 Å². The van der Waals surface area contributed by atoms with Gasteiger partial charge >= 0.3 is 18.4 Å². The van der Waals surface area contributed by atoms with Crippen molar-refractivity contribution in [1.29, 1.82) is 0 Å². The summed E-state index contributed by atoms with van der Waals surface area (Å²) in [4.78, 5) is 43.1.